The second-order valence-electron chi connectivity index (χ2n) is 3.59. The largest absolute Gasteiger partial charge is 0.392 e. The summed E-state index contributed by atoms with van der Waals surface area (Å²) in [7, 11) is 0. The van der Waals surface area contributed by atoms with Gasteiger partial charge in [-0.2, -0.15) is 0 Å². The highest BCUT2D eigenvalue weighted by molar-refractivity contribution is 4.99. The van der Waals surface area contributed by atoms with Gasteiger partial charge in [0, 0.05) is 0 Å². The van der Waals surface area contributed by atoms with Crippen LogP contribution < -0.4 is 0 Å². The lowest BCUT2D eigenvalue weighted by atomic mass is 10.1. The summed E-state index contributed by atoms with van der Waals surface area (Å²) in [4.78, 5) is 0. The van der Waals surface area contributed by atoms with Crippen LogP contribution in [0.3, 0.4) is 0 Å². The molecule has 0 aromatic carbocycles. The Morgan fingerprint density at radius 1 is 1.20 bits per heavy atom. The molecule has 0 aliphatic heterocycles. The van der Waals surface area contributed by atoms with Crippen molar-refractivity contribution in [2.75, 3.05) is 6.61 Å². The SMILES string of the molecule is C=C(CC)C(O)CC.C=C(CO)CCC. The van der Waals surface area contributed by atoms with Crippen LogP contribution in [0.5, 0.6) is 0 Å². The normalized spacial score (nSPS) is 11.3. The lowest BCUT2D eigenvalue weighted by Gasteiger charge is -2.07. The Kier molecular flexibility index (Phi) is 12.9. The fourth-order valence-corrected chi connectivity index (χ4v) is 0.957. The van der Waals surface area contributed by atoms with Gasteiger partial charge in [-0.05, 0) is 24.8 Å². The van der Waals surface area contributed by atoms with Gasteiger partial charge in [0.1, 0.15) is 0 Å². The van der Waals surface area contributed by atoms with Crippen LogP contribution in [0.15, 0.2) is 24.3 Å². The van der Waals surface area contributed by atoms with E-state index in [4.69, 9.17) is 10.2 Å². The second-order valence-corrected chi connectivity index (χ2v) is 3.59. The van der Waals surface area contributed by atoms with Crippen molar-refractivity contribution in [3.8, 4) is 0 Å². The van der Waals surface area contributed by atoms with Gasteiger partial charge in [0.05, 0.1) is 12.7 Å². The van der Waals surface area contributed by atoms with E-state index in [2.05, 4.69) is 20.1 Å². The first-order chi connectivity index (χ1) is 7.03. The Hall–Kier alpha value is -0.600. The van der Waals surface area contributed by atoms with Crippen LogP contribution in [0, 0.1) is 0 Å². The molecule has 0 radical (unpaired) electrons. The van der Waals surface area contributed by atoms with Crippen LogP contribution >= 0.6 is 0 Å². The first-order valence-corrected chi connectivity index (χ1v) is 5.66. The van der Waals surface area contributed by atoms with Gasteiger partial charge in [-0.3, -0.25) is 0 Å². The molecule has 15 heavy (non-hydrogen) atoms. The highest BCUT2D eigenvalue weighted by Gasteiger charge is 2.00. The quantitative estimate of drug-likeness (QED) is 0.667. The van der Waals surface area contributed by atoms with Crippen molar-refractivity contribution < 1.29 is 10.2 Å². The first-order valence-electron chi connectivity index (χ1n) is 5.66. The van der Waals surface area contributed by atoms with Gasteiger partial charge in [0.15, 0.2) is 0 Å². The third-order valence-corrected chi connectivity index (χ3v) is 2.14. The van der Waals surface area contributed by atoms with Crippen molar-refractivity contribution in [1.82, 2.24) is 0 Å². The van der Waals surface area contributed by atoms with Crippen molar-refractivity contribution in [2.45, 2.75) is 52.6 Å². The minimum atomic E-state index is -0.278. The van der Waals surface area contributed by atoms with E-state index in [1.165, 1.54) is 0 Å². The summed E-state index contributed by atoms with van der Waals surface area (Å²) in [6, 6.07) is 0. The van der Waals surface area contributed by atoms with E-state index in [9.17, 15) is 0 Å². The van der Waals surface area contributed by atoms with E-state index >= 15 is 0 Å². The van der Waals surface area contributed by atoms with Gasteiger partial charge in [-0.15, -0.1) is 0 Å². The zero-order valence-electron chi connectivity index (χ0n) is 10.4. The second kappa shape index (κ2) is 11.5. The molecule has 0 rings (SSSR count). The van der Waals surface area contributed by atoms with E-state index in [0.29, 0.717) is 0 Å². The Balaban J connectivity index is 0. The van der Waals surface area contributed by atoms with Crippen molar-refractivity contribution in [2.24, 2.45) is 0 Å². The molecule has 2 heteroatoms. The minimum Gasteiger partial charge on any atom is -0.392 e. The van der Waals surface area contributed by atoms with E-state index in [-0.39, 0.29) is 12.7 Å². The molecule has 0 bridgehead atoms. The molecule has 0 heterocycles. The van der Waals surface area contributed by atoms with E-state index in [0.717, 1.165) is 36.8 Å². The number of hydrogen-bond acceptors (Lipinski definition) is 2. The zero-order chi connectivity index (χ0) is 12.3. The zero-order valence-corrected chi connectivity index (χ0v) is 10.4. The standard InChI is InChI=1S/C7H14O.C6H12O/c1-4-6(3)7(8)5-2;1-3-4-6(2)5-7/h7-8H,3-5H2,1-2H3;7H,2-5H2,1H3. The molecule has 0 aliphatic rings. The fourth-order valence-electron chi connectivity index (χ4n) is 0.957. The summed E-state index contributed by atoms with van der Waals surface area (Å²) in [5.74, 6) is 0. The summed E-state index contributed by atoms with van der Waals surface area (Å²) in [5.41, 5.74) is 1.87. The average Bonchev–Trinajstić information content (AvgIpc) is 2.27. The Labute approximate surface area is 94.3 Å². The predicted molar refractivity (Wildman–Crippen MR) is 66.9 cm³/mol. The Morgan fingerprint density at radius 3 is 1.87 bits per heavy atom. The number of rotatable bonds is 6. The van der Waals surface area contributed by atoms with Crippen molar-refractivity contribution >= 4 is 0 Å². The van der Waals surface area contributed by atoms with Gasteiger partial charge >= 0.3 is 0 Å². The molecule has 0 amide bonds. The van der Waals surface area contributed by atoms with Crippen LogP contribution in [0.2, 0.25) is 0 Å². The molecule has 0 saturated carbocycles. The van der Waals surface area contributed by atoms with Crippen molar-refractivity contribution in [3.05, 3.63) is 24.3 Å². The van der Waals surface area contributed by atoms with Gasteiger partial charge in [-0.25, -0.2) is 0 Å². The Morgan fingerprint density at radius 2 is 1.73 bits per heavy atom. The summed E-state index contributed by atoms with van der Waals surface area (Å²) >= 11 is 0. The monoisotopic (exact) mass is 214 g/mol. The third-order valence-electron chi connectivity index (χ3n) is 2.14. The molecule has 90 valence electrons. The minimum absolute atomic E-state index is 0.147. The van der Waals surface area contributed by atoms with Crippen LogP contribution in [-0.2, 0) is 0 Å². The predicted octanol–water partition coefficient (Wildman–Crippen LogP) is 3.06. The maximum absolute atomic E-state index is 9.03. The maximum atomic E-state index is 9.03. The van der Waals surface area contributed by atoms with Crippen molar-refractivity contribution in [1.29, 1.82) is 0 Å². The highest BCUT2D eigenvalue weighted by Crippen LogP contribution is 2.05. The van der Waals surface area contributed by atoms with Crippen LogP contribution in [0.25, 0.3) is 0 Å². The van der Waals surface area contributed by atoms with E-state index in [1.807, 2.05) is 13.8 Å². The van der Waals surface area contributed by atoms with Crippen LogP contribution in [0.1, 0.15) is 46.5 Å². The molecule has 2 nitrogen and oxygen atoms in total. The molecule has 0 saturated heterocycles. The molecule has 1 atom stereocenters. The smallest absolute Gasteiger partial charge is 0.0744 e. The molecule has 1 unspecified atom stereocenters. The van der Waals surface area contributed by atoms with Gasteiger partial charge in [-0.1, -0.05) is 45.9 Å². The molecular formula is C13H26O2. The fraction of sp³-hybridized carbons (Fsp3) is 0.692. The van der Waals surface area contributed by atoms with Crippen molar-refractivity contribution in [3.63, 3.8) is 0 Å². The average molecular weight is 214 g/mol. The molecule has 0 fully saturated rings. The van der Waals surface area contributed by atoms with Gasteiger partial charge in [0.25, 0.3) is 0 Å². The lowest BCUT2D eigenvalue weighted by molar-refractivity contribution is 0.204. The summed E-state index contributed by atoms with van der Waals surface area (Å²) < 4.78 is 0. The third kappa shape index (κ3) is 11.3. The summed E-state index contributed by atoms with van der Waals surface area (Å²) in [5, 5.41) is 17.4. The molecule has 0 spiro atoms. The summed E-state index contributed by atoms with van der Waals surface area (Å²) in [6.07, 6.45) is 3.43. The molecule has 0 aromatic rings. The molecule has 0 aliphatic carbocycles. The molecular weight excluding hydrogens is 188 g/mol. The maximum Gasteiger partial charge on any atom is 0.0744 e. The Bertz CT molecular complexity index is 173. The molecule has 2 N–H and O–H groups in total. The summed E-state index contributed by atoms with van der Waals surface area (Å²) in [6.45, 7) is 13.5. The van der Waals surface area contributed by atoms with Gasteiger partial charge < -0.3 is 10.2 Å². The number of aliphatic hydroxyl groups excluding tert-OH is 2. The van der Waals surface area contributed by atoms with Crippen LogP contribution in [0.4, 0.5) is 0 Å². The number of aliphatic hydroxyl groups is 2. The van der Waals surface area contributed by atoms with E-state index < -0.39 is 0 Å². The first kappa shape index (κ1) is 16.8. The highest BCUT2D eigenvalue weighted by atomic mass is 16.3. The van der Waals surface area contributed by atoms with Gasteiger partial charge in [0.2, 0.25) is 0 Å². The van der Waals surface area contributed by atoms with Crippen LogP contribution in [-0.4, -0.2) is 22.9 Å². The lowest BCUT2D eigenvalue weighted by Crippen LogP contribution is -2.05. The van der Waals surface area contributed by atoms with E-state index in [1.54, 1.807) is 0 Å². The topological polar surface area (TPSA) is 40.5 Å². The molecule has 0 aromatic heterocycles. The number of hydrogen-bond donors (Lipinski definition) is 2.